The molecule has 1 N–H and O–H groups in total. The maximum atomic E-state index is 10.5. The highest BCUT2D eigenvalue weighted by atomic mass is 16.4. The predicted molar refractivity (Wildman–Crippen MR) is 118 cm³/mol. The molecule has 0 aromatic heterocycles. The second kappa shape index (κ2) is 18.8. The van der Waals surface area contributed by atoms with Crippen molar-refractivity contribution in [3.63, 3.8) is 0 Å². The molecule has 0 aromatic carbocycles. The molecule has 0 aliphatic rings. The maximum absolute atomic E-state index is 10.5. The molecule has 0 saturated heterocycles. The van der Waals surface area contributed by atoms with E-state index < -0.39 is 5.97 Å². The zero-order valence-corrected chi connectivity index (χ0v) is 18.9. The molecule has 3 nitrogen and oxygen atoms in total. The van der Waals surface area contributed by atoms with Crippen LogP contribution >= 0.6 is 0 Å². The van der Waals surface area contributed by atoms with E-state index in [0.29, 0.717) is 6.42 Å². The smallest absolute Gasteiger partial charge is 0.303 e. The zero-order valence-electron chi connectivity index (χ0n) is 18.9. The largest absolute Gasteiger partial charge is 0.481 e. The highest BCUT2D eigenvalue weighted by Gasteiger charge is 2.13. The van der Waals surface area contributed by atoms with Gasteiger partial charge in [-0.3, -0.25) is 4.79 Å². The summed E-state index contributed by atoms with van der Waals surface area (Å²) in [5.41, 5.74) is 0. The molecule has 0 saturated carbocycles. The van der Waals surface area contributed by atoms with E-state index in [2.05, 4.69) is 21.0 Å². The second-order valence-electron chi connectivity index (χ2n) is 9.18. The van der Waals surface area contributed by atoms with Crippen LogP contribution < -0.4 is 0 Å². The molecule has 0 aromatic rings. The SMILES string of the molecule is CCCCCCCCCCCCCCCC[N+](C)(C)CCCCCC(=O)O. The number of aliphatic carboxylic acids is 1. The van der Waals surface area contributed by atoms with Gasteiger partial charge in [-0.05, 0) is 32.1 Å². The van der Waals surface area contributed by atoms with Gasteiger partial charge in [-0.15, -0.1) is 0 Å². The van der Waals surface area contributed by atoms with E-state index in [1.165, 1.54) is 103 Å². The Balaban J connectivity index is 3.29. The lowest BCUT2D eigenvalue weighted by Gasteiger charge is -2.30. The monoisotopic (exact) mass is 384 g/mol. The first-order chi connectivity index (χ1) is 13.0. The average molecular weight is 385 g/mol. The van der Waals surface area contributed by atoms with Crippen molar-refractivity contribution in [1.82, 2.24) is 0 Å². The Morgan fingerprint density at radius 1 is 0.593 bits per heavy atom. The lowest BCUT2D eigenvalue weighted by Crippen LogP contribution is -2.41. The number of hydrogen-bond acceptors (Lipinski definition) is 1. The molecule has 0 rings (SSSR count). The topological polar surface area (TPSA) is 37.3 Å². The molecule has 3 heteroatoms. The summed E-state index contributed by atoms with van der Waals surface area (Å²) in [6.07, 6.45) is 23.2. The molecule has 0 amide bonds. The van der Waals surface area contributed by atoms with Gasteiger partial charge in [-0.1, -0.05) is 84.0 Å². The first-order valence-electron chi connectivity index (χ1n) is 12.0. The third-order valence-electron chi connectivity index (χ3n) is 5.77. The quantitative estimate of drug-likeness (QED) is 0.168. The van der Waals surface area contributed by atoms with Crippen LogP contribution in [-0.2, 0) is 4.79 Å². The van der Waals surface area contributed by atoms with Crippen molar-refractivity contribution in [3.8, 4) is 0 Å². The molecule has 0 aliphatic heterocycles. The Morgan fingerprint density at radius 2 is 0.926 bits per heavy atom. The first kappa shape index (κ1) is 26.4. The standard InChI is InChI=1S/C24H49NO2/c1-4-5-6-7-8-9-10-11-12-13-14-15-16-19-22-25(2,3)23-20-17-18-21-24(26)27/h4-23H2,1-3H3/p+1. The van der Waals surface area contributed by atoms with Gasteiger partial charge in [-0.2, -0.15) is 0 Å². The Bertz CT molecular complexity index is 328. The molecule has 0 radical (unpaired) electrons. The van der Waals surface area contributed by atoms with Gasteiger partial charge in [0, 0.05) is 6.42 Å². The van der Waals surface area contributed by atoms with Crippen molar-refractivity contribution in [2.75, 3.05) is 27.2 Å². The average Bonchev–Trinajstić information content (AvgIpc) is 2.61. The Hall–Kier alpha value is -0.570. The number of rotatable bonds is 21. The summed E-state index contributed by atoms with van der Waals surface area (Å²) in [7, 11) is 4.64. The van der Waals surface area contributed by atoms with Crippen LogP contribution in [0.3, 0.4) is 0 Å². The number of nitrogens with zero attached hydrogens (tertiary/aromatic N) is 1. The van der Waals surface area contributed by atoms with E-state index >= 15 is 0 Å². The number of quaternary nitrogens is 1. The molecular formula is C24H50NO2+. The van der Waals surface area contributed by atoms with E-state index in [1.54, 1.807) is 0 Å². The number of carboxylic acid groups (broad SMARTS) is 1. The Kier molecular flexibility index (Phi) is 18.4. The van der Waals surface area contributed by atoms with Gasteiger partial charge < -0.3 is 9.59 Å². The van der Waals surface area contributed by atoms with Crippen molar-refractivity contribution >= 4 is 5.97 Å². The van der Waals surface area contributed by atoms with Crippen molar-refractivity contribution in [2.24, 2.45) is 0 Å². The minimum atomic E-state index is -0.661. The van der Waals surface area contributed by atoms with Crippen LogP contribution in [0.2, 0.25) is 0 Å². The molecular weight excluding hydrogens is 334 g/mol. The highest BCUT2D eigenvalue weighted by molar-refractivity contribution is 5.66. The summed E-state index contributed by atoms with van der Waals surface area (Å²) in [6.45, 7) is 4.72. The number of hydrogen-bond donors (Lipinski definition) is 1. The first-order valence-corrected chi connectivity index (χ1v) is 12.0. The molecule has 0 bridgehead atoms. The molecule has 27 heavy (non-hydrogen) atoms. The maximum Gasteiger partial charge on any atom is 0.303 e. The molecule has 0 fully saturated rings. The van der Waals surface area contributed by atoms with E-state index in [4.69, 9.17) is 5.11 Å². The lowest BCUT2D eigenvalue weighted by molar-refractivity contribution is -0.890. The van der Waals surface area contributed by atoms with Crippen molar-refractivity contribution in [1.29, 1.82) is 0 Å². The van der Waals surface area contributed by atoms with Gasteiger partial charge in [0.25, 0.3) is 0 Å². The zero-order chi connectivity index (χ0) is 20.2. The molecule has 0 spiro atoms. The van der Waals surface area contributed by atoms with Gasteiger partial charge >= 0.3 is 5.97 Å². The summed E-state index contributed by atoms with van der Waals surface area (Å²) in [6, 6.07) is 0. The predicted octanol–water partition coefficient (Wildman–Crippen LogP) is 7.19. The summed E-state index contributed by atoms with van der Waals surface area (Å²) >= 11 is 0. The summed E-state index contributed by atoms with van der Waals surface area (Å²) in [4.78, 5) is 10.5. The fourth-order valence-corrected chi connectivity index (χ4v) is 3.84. The van der Waals surface area contributed by atoms with E-state index in [1.807, 2.05) is 0 Å². The lowest BCUT2D eigenvalue weighted by atomic mass is 10.0. The van der Waals surface area contributed by atoms with Crippen LogP contribution in [0.25, 0.3) is 0 Å². The van der Waals surface area contributed by atoms with Crippen molar-refractivity contribution < 1.29 is 14.4 Å². The number of carboxylic acids is 1. The van der Waals surface area contributed by atoms with Crippen LogP contribution in [0.15, 0.2) is 0 Å². The van der Waals surface area contributed by atoms with Crippen molar-refractivity contribution in [2.45, 2.75) is 122 Å². The third kappa shape index (κ3) is 21.6. The van der Waals surface area contributed by atoms with Crippen molar-refractivity contribution in [3.05, 3.63) is 0 Å². The van der Waals surface area contributed by atoms with E-state index in [0.717, 1.165) is 23.7 Å². The van der Waals surface area contributed by atoms with E-state index in [9.17, 15) is 4.79 Å². The van der Waals surface area contributed by atoms with Gasteiger partial charge in [0.2, 0.25) is 0 Å². The second-order valence-corrected chi connectivity index (χ2v) is 9.18. The summed E-state index contributed by atoms with van der Waals surface area (Å²) in [5, 5.41) is 8.66. The summed E-state index contributed by atoms with van der Waals surface area (Å²) < 4.78 is 1.09. The molecule has 0 heterocycles. The fourth-order valence-electron chi connectivity index (χ4n) is 3.84. The molecule has 0 aliphatic carbocycles. The van der Waals surface area contributed by atoms with Crippen LogP contribution in [0.5, 0.6) is 0 Å². The van der Waals surface area contributed by atoms with Gasteiger partial charge in [-0.25, -0.2) is 0 Å². The van der Waals surface area contributed by atoms with Crippen LogP contribution in [0, 0.1) is 0 Å². The molecule has 162 valence electrons. The third-order valence-corrected chi connectivity index (χ3v) is 5.77. The number of carbonyl (C=O) groups is 1. The number of unbranched alkanes of at least 4 members (excludes halogenated alkanes) is 15. The minimum absolute atomic E-state index is 0.326. The summed E-state index contributed by atoms with van der Waals surface area (Å²) in [5.74, 6) is -0.661. The van der Waals surface area contributed by atoms with Gasteiger partial charge in [0.05, 0.1) is 27.2 Å². The minimum Gasteiger partial charge on any atom is -0.481 e. The fraction of sp³-hybridized carbons (Fsp3) is 0.958. The van der Waals surface area contributed by atoms with Gasteiger partial charge in [0.1, 0.15) is 0 Å². The van der Waals surface area contributed by atoms with Crippen LogP contribution in [0.4, 0.5) is 0 Å². The van der Waals surface area contributed by atoms with Crippen LogP contribution in [0.1, 0.15) is 122 Å². The highest BCUT2D eigenvalue weighted by Crippen LogP contribution is 2.14. The van der Waals surface area contributed by atoms with E-state index in [-0.39, 0.29) is 0 Å². The molecule has 0 unspecified atom stereocenters. The normalized spacial score (nSPS) is 11.8. The Morgan fingerprint density at radius 3 is 1.30 bits per heavy atom. The Labute approximate surface area is 170 Å². The molecule has 0 atom stereocenters. The van der Waals surface area contributed by atoms with Gasteiger partial charge in [0.15, 0.2) is 0 Å². The van der Waals surface area contributed by atoms with Crippen LogP contribution in [-0.4, -0.2) is 42.7 Å².